The fraction of sp³-hybridized carbons (Fsp3) is 0.727. The van der Waals surface area contributed by atoms with Crippen molar-refractivity contribution in [3.63, 3.8) is 0 Å². The van der Waals surface area contributed by atoms with Gasteiger partial charge in [-0.25, -0.2) is 4.79 Å². The van der Waals surface area contributed by atoms with Crippen LogP contribution in [0.25, 0.3) is 0 Å². The largest absolute Gasteiger partial charge is 0.459 e. The van der Waals surface area contributed by atoms with Crippen LogP contribution in [0.3, 0.4) is 0 Å². The highest BCUT2D eigenvalue weighted by Gasteiger charge is 2.35. The van der Waals surface area contributed by atoms with Crippen LogP contribution in [0.4, 0.5) is 0 Å². The number of hydrogen-bond acceptors (Lipinski definition) is 2. The fourth-order valence-electron chi connectivity index (χ4n) is 2.46. The number of hydrogen-bond donors (Lipinski definition) is 0. The van der Waals surface area contributed by atoms with Crippen LogP contribution >= 0.6 is 0 Å². The molecule has 2 heteroatoms. The summed E-state index contributed by atoms with van der Waals surface area (Å²) in [5, 5.41) is 0. The second kappa shape index (κ2) is 3.17. The van der Waals surface area contributed by atoms with Crippen LogP contribution in [-0.2, 0) is 9.53 Å². The first kappa shape index (κ1) is 8.79. The molecule has 0 bridgehead atoms. The van der Waals surface area contributed by atoms with Crippen LogP contribution < -0.4 is 0 Å². The Kier molecular flexibility index (Phi) is 2.14. The zero-order valence-corrected chi connectivity index (χ0v) is 8.25. The summed E-state index contributed by atoms with van der Waals surface area (Å²) in [6.07, 6.45) is 5.31. The maximum Gasteiger partial charge on any atom is 0.330 e. The number of carbonyl (C=O) groups excluding carboxylic acids is 1. The second-order valence-electron chi connectivity index (χ2n) is 4.39. The van der Waals surface area contributed by atoms with Crippen molar-refractivity contribution in [3.05, 3.63) is 11.6 Å². The molecule has 0 amide bonds. The van der Waals surface area contributed by atoms with Gasteiger partial charge in [0.05, 0.1) is 0 Å². The Hall–Kier alpha value is -0.790. The van der Waals surface area contributed by atoms with Crippen molar-refractivity contribution in [1.29, 1.82) is 0 Å². The Morgan fingerprint density at radius 2 is 2.23 bits per heavy atom. The fourth-order valence-corrected chi connectivity index (χ4v) is 2.46. The second-order valence-corrected chi connectivity index (χ2v) is 4.39. The molecule has 3 atom stereocenters. The van der Waals surface area contributed by atoms with E-state index in [1.165, 1.54) is 18.4 Å². The smallest absolute Gasteiger partial charge is 0.330 e. The predicted molar refractivity (Wildman–Crippen MR) is 50.1 cm³/mol. The van der Waals surface area contributed by atoms with Gasteiger partial charge >= 0.3 is 5.97 Å². The highest BCUT2D eigenvalue weighted by molar-refractivity contribution is 5.84. The van der Waals surface area contributed by atoms with Gasteiger partial charge in [0.1, 0.15) is 6.10 Å². The van der Waals surface area contributed by atoms with Gasteiger partial charge in [0, 0.05) is 12.0 Å². The van der Waals surface area contributed by atoms with Gasteiger partial charge in [-0.1, -0.05) is 12.5 Å². The Balaban J connectivity index is 2.17. The minimum absolute atomic E-state index is 0.146. The summed E-state index contributed by atoms with van der Waals surface area (Å²) >= 11 is 0. The topological polar surface area (TPSA) is 26.3 Å². The SMILES string of the molecule is CC1=CC(=O)OC2CC(C)CCC12. The zero-order valence-electron chi connectivity index (χ0n) is 8.25. The van der Waals surface area contributed by atoms with E-state index in [1.54, 1.807) is 6.08 Å². The van der Waals surface area contributed by atoms with Gasteiger partial charge in [-0.05, 0) is 32.1 Å². The molecule has 2 rings (SSSR count). The summed E-state index contributed by atoms with van der Waals surface area (Å²) in [4.78, 5) is 11.1. The summed E-state index contributed by atoms with van der Waals surface area (Å²) < 4.78 is 5.32. The van der Waals surface area contributed by atoms with Crippen molar-refractivity contribution in [1.82, 2.24) is 0 Å². The first-order chi connectivity index (χ1) is 6.16. The van der Waals surface area contributed by atoms with Gasteiger partial charge in [-0.3, -0.25) is 0 Å². The molecule has 1 aliphatic heterocycles. The molecule has 2 aliphatic rings. The monoisotopic (exact) mass is 180 g/mol. The molecule has 2 nitrogen and oxygen atoms in total. The molecule has 0 aromatic carbocycles. The molecule has 0 aromatic rings. The molecule has 1 heterocycles. The molecule has 1 aliphatic carbocycles. The number of ether oxygens (including phenoxy) is 1. The summed E-state index contributed by atoms with van der Waals surface area (Å²) in [5.74, 6) is 1.07. The third-order valence-electron chi connectivity index (χ3n) is 3.25. The Morgan fingerprint density at radius 3 is 3.00 bits per heavy atom. The molecule has 0 saturated heterocycles. The van der Waals surface area contributed by atoms with Gasteiger partial charge in [-0.15, -0.1) is 0 Å². The average Bonchev–Trinajstić information content (AvgIpc) is 2.02. The van der Waals surface area contributed by atoms with Crippen LogP contribution in [0.15, 0.2) is 11.6 Å². The maximum absolute atomic E-state index is 11.1. The van der Waals surface area contributed by atoms with Crippen LogP contribution in [0.1, 0.15) is 33.1 Å². The maximum atomic E-state index is 11.1. The van der Waals surface area contributed by atoms with Crippen molar-refractivity contribution >= 4 is 5.97 Å². The standard InChI is InChI=1S/C11H16O2/c1-7-3-4-9-8(2)6-11(12)13-10(9)5-7/h6-7,9-10H,3-5H2,1-2H3. The van der Waals surface area contributed by atoms with Gasteiger partial charge in [0.15, 0.2) is 0 Å². The summed E-state index contributed by atoms with van der Waals surface area (Å²) in [6.45, 7) is 4.28. The lowest BCUT2D eigenvalue weighted by molar-refractivity contribution is -0.149. The first-order valence-electron chi connectivity index (χ1n) is 5.05. The third-order valence-corrected chi connectivity index (χ3v) is 3.25. The highest BCUT2D eigenvalue weighted by Crippen LogP contribution is 2.37. The van der Waals surface area contributed by atoms with Crippen LogP contribution in [0.5, 0.6) is 0 Å². The third kappa shape index (κ3) is 1.62. The summed E-state index contributed by atoms with van der Waals surface area (Å²) in [6, 6.07) is 0. The normalized spacial score (nSPS) is 39.1. The van der Waals surface area contributed by atoms with E-state index in [4.69, 9.17) is 4.74 Å². The molecular formula is C11H16O2. The van der Waals surface area contributed by atoms with E-state index in [1.807, 2.05) is 6.92 Å². The molecule has 0 spiro atoms. The van der Waals surface area contributed by atoms with E-state index in [-0.39, 0.29) is 12.1 Å². The molecule has 0 radical (unpaired) electrons. The molecule has 0 N–H and O–H groups in total. The summed E-state index contributed by atoms with van der Waals surface area (Å²) in [5.41, 5.74) is 1.22. The molecular weight excluding hydrogens is 164 g/mol. The number of carbonyl (C=O) groups is 1. The molecule has 0 aromatic heterocycles. The van der Waals surface area contributed by atoms with Crippen molar-refractivity contribution < 1.29 is 9.53 Å². The van der Waals surface area contributed by atoms with E-state index in [9.17, 15) is 4.79 Å². The summed E-state index contributed by atoms with van der Waals surface area (Å²) in [7, 11) is 0. The first-order valence-corrected chi connectivity index (χ1v) is 5.05. The van der Waals surface area contributed by atoms with E-state index in [0.29, 0.717) is 11.8 Å². The zero-order chi connectivity index (χ0) is 9.42. The van der Waals surface area contributed by atoms with Crippen molar-refractivity contribution in [2.45, 2.75) is 39.2 Å². The Bertz CT molecular complexity index is 255. The average molecular weight is 180 g/mol. The lowest BCUT2D eigenvalue weighted by Crippen LogP contribution is -2.36. The molecule has 72 valence electrons. The van der Waals surface area contributed by atoms with Crippen molar-refractivity contribution in [2.75, 3.05) is 0 Å². The lowest BCUT2D eigenvalue weighted by Gasteiger charge is -2.37. The number of fused-ring (bicyclic) bond motifs is 1. The van der Waals surface area contributed by atoms with Crippen molar-refractivity contribution in [2.24, 2.45) is 11.8 Å². The quantitative estimate of drug-likeness (QED) is 0.535. The number of rotatable bonds is 0. The van der Waals surface area contributed by atoms with Crippen LogP contribution in [0, 0.1) is 11.8 Å². The van der Waals surface area contributed by atoms with Crippen LogP contribution in [-0.4, -0.2) is 12.1 Å². The van der Waals surface area contributed by atoms with E-state index >= 15 is 0 Å². The minimum Gasteiger partial charge on any atom is -0.459 e. The van der Waals surface area contributed by atoms with E-state index in [0.717, 1.165) is 6.42 Å². The van der Waals surface area contributed by atoms with E-state index < -0.39 is 0 Å². The predicted octanol–water partition coefficient (Wildman–Crippen LogP) is 2.29. The lowest BCUT2D eigenvalue weighted by atomic mass is 9.76. The van der Waals surface area contributed by atoms with Crippen LogP contribution in [0.2, 0.25) is 0 Å². The van der Waals surface area contributed by atoms with Gasteiger partial charge in [0.2, 0.25) is 0 Å². The molecule has 3 unspecified atom stereocenters. The molecule has 1 saturated carbocycles. The van der Waals surface area contributed by atoms with Gasteiger partial charge in [0.25, 0.3) is 0 Å². The number of esters is 1. The Morgan fingerprint density at radius 1 is 1.46 bits per heavy atom. The van der Waals surface area contributed by atoms with Gasteiger partial charge in [-0.2, -0.15) is 0 Å². The Labute approximate surface area is 79.0 Å². The molecule has 1 fully saturated rings. The highest BCUT2D eigenvalue weighted by atomic mass is 16.5. The van der Waals surface area contributed by atoms with Gasteiger partial charge < -0.3 is 4.74 Å². The molecule has 13 heavy (non-hydrogen) atoms. The minimum atomic E-state index is -0.146. The van der Waals surface area contributed by atoms with E-state index in [2.05, 4.69) is 6.92 Å². The van der Waals surface area contributed by atoms with Crippen molar-refractivity contribution in [3.8, 4) is 0 Å².